The van der Waals surface area contributed by atoms with Crippen molar-refractivity contribution in [1.29, 1.82) is 5.26 Å². The molecule has 0 bridgehead atoms. The minimum absolute atomic E-state index is 0.459. The first kappa shape index (κ1) is 8.08. The fourth-order valence-corrected chi connectivity index (χ4v) is 0.202. The quantitative estimate of drug-likeness (QED) is 0.400. The van der Waals surface area contributed by atoms with Crippen molar-refractivity contribution in [1.82, 2.24) is 0 Å². The first-order valence-electron chi connectivity index (χ1n) is 2.17. The molecule has 4 heteroatoms. The fourth-order valence-electron chi connectivity index (χ4n) is 0.202. The molecule has 9 heavy (non-hydrogen) atoms. The number of halogens is 1. The van der Waals surface area contributed by atoms with Crippen LogP contribution in [0.15, 0.2) is 12.7 Å². The van der Waals surface area contributed by atoms with Crippen LogP contribution in [0.2, 0.25) is 0 Å². The van der Waals surface area contributed by atoms with Gasteiger partial charge < -0.3 is 10.2 Å². The Kier molecular flexibility index (Phi) is 2.31. The molecule has 0 radical (unpaired) electrons. The van der Waals surface area contributed by atoms with Crippen LogP contribution in [0.4, 0.5) is 4.39 Å². The van der Waals surface area contributed by atoms with Crippen LogP contribution >= 0.6 is 0 Å². The number of aliphatic hydroxyl groups is 2. The third kappa shape index (κ3) is 1.80. The number of hydrogen-bond acceptors (Lipinski definition) is 3. The first-order valence-corrected chi connectivity index (χ1v) is 2.17. The summed E-state index contributed by atoms with van der Waals surface area (Å²) < 4.78 is 12.2. The molecule has 0 spiro atoms. The molecule has 0 fully saturated rings. The van der Waals surface area contributed by atoms with Gasteiger partial charge in [0.25, 0.3) is 5.85 Å². The molecule has 2 atom stereocenters. The van der Waals surface area contributed by atoms with E-state index in [9.17, 15) is 4.39 Å². The minimum atomic E-state index is -2.99. The maximum Gasteiger partial charge on any atom is 0.265 e. The maximum atomic E-state index is 12.2. The van der Waals surface area contributed by atoms with E-state index >= 15 is 0 Å². The molecular formula is C5H6FNO2. The van der Waals surface area contributed by atoms with Gasteiger partial charge in [-0.15, -0.1) is 0 Å². The molecule has 2 unspecified atom stereocenters. The Morgan fingerprint density at radius 1 is 1.89 bits per heavy atom. The van der Waals surface area contributed by atoms with Crippen molar-refractivity contribution >= 4 is 0 Å². The normalized spacial score (nSPS) is 19.3. The highest BCUT2D eigenvalue weighted by Crippen LogP contribution is 2.12. The van der Waals surface area contributed by atoms with Gasteiger partial charge in [0.15, 0.2) is 0 Å². The summed E-state index contributed by atoms with van der Waals surface area (Å²) in [7, 11) is 0. The maximum absolute atomic E-state index is 12.2. The third-order valence-corrected chi connectivity index (χ3v) is 0.792. The van der Waals surface area contributed by atoms with E-state index < -0.39 is 12.0 Å². The molecule has 0 amide bonds. The van der Waals surface area contributed by atoms with Crippen LogP contribution in [0.3, 0.4) is 0 Å². The zero-order chi connectivity index (χ0) is 7.49. The summed E-state index contributed by atoms with van der Waals surface area (Å²) in [6.07, 6.45) is -1.60. The van der Waals surface area contributed by atoms with E-state index in [1.807, 2.05) is 0 Å². The summed E-state index contributed by atoms with van der Waals surface area (Å²) in [6, 6.07) is 1.12. The van der Waals surface area contributed by atoms with Gasteiger partial charge in [0.1, 0.15) is 6.07 Å². The standard InChI is InChI=1S/C5H6FNO2/c1-2-5(6,9)4(8)3-7/h2,4,8-9H,1H2. The average Bonchev–Trinajstić information content (AvgIpc) is 1.86. The van der Waals surface area contributed by atoms with E-state index in [2.05, 4.69) is 6.58 Å². The van der Waals surface area contributed by atoms with E-state index in [1.54, 1.807) is 0 Å². The van der Waals surface area contributed by atoms with Crippen molar-refractivity contribution in [2.24, 2.45) is 0 Å². The second-order valence-corrected chi connectivity index (χ2v) is 1.46. The molecule has 0 heterocycles. The molecule has 0 aliphatic rings. The lowest BCUT2D eigenvalue weighted by Gasteiger charge is -2.13. The smallest absolute Gasteiger partial charge is 0.265 e. The van der Waals surface area contributed by atoms with E-state index in [0.29, 0.717) is 6.08 Å². The van der Waals surface area contributed by atoms with Gasteiger partial charge in [0, 0.05) is 0 Å². The number of nitriles is 1. The molecule has 2 N–H and O–H groups in total. The van der Waals surface area contributed by atoms with Gasteiger partial charge in [-0.3, -0.25) is 0 Å². The fraction of sp³-hybridized carbons (Fsp3) is 0.400. The van der Waals surface area contributed by atoms with Crippen LogP contribution in [0.5, 0.6) is 0 Å². The third-order valence-electron chi connectivity index (χ3n) is 0.792. The summed E-state index contributed by atoms with van der Waals surface area (Å²) in [5, 5.41) is 24.5. The Labute approximate surface area is 51.7 Å². The summed E-state index contributed by atoms with van der Waals surface area (Å²) in [5.41, 5.74) is 0. The van der Waals surface area contributed by atoms with Crippen molar-refractivity contribution in [3.05, 3.63) is 12.7 Å². The van der Waals surface area contributed by atoms with Gasteiger partial charge in [-0.25, -0.2) is 4.39 Å². The Balaban J connectivity index is 4.17. The summed E-state index contributed by atoms with van der Waals surface area (Å²) in [6.45, 7) is 2.87. The van der Waals surface area contributed by atoms with Gasteiger partial charge >= 0.3 is 0 Å². The molecule has 0 aliphatic heterocycles. The lowest BCUT2D eigenvalue weighted by Crippen LogP contribution is -2.33. The van der Waals surface area contributed by atoms with Gasteiger partial charge in [-0.2, -0.15) is 5.26 Å². The van der Waals surface area contributed by atoms with Gasteiger partial charge in [0.2, 0.25) is 6.10 Å². The summed E-state index contributed by atoms with van der Waals surface area (Å²) in [4.78, 5) is 0. The highest BCUT2D eigenvalue weighted by molar-refractivity contribution is 5.02. The van der Waals surface area contributed by atoms with Crippen molar-refractivity contribution in [2.45, 2.75) is 12.0 Å². The van der Waals surface area contributed by atoms with E-state index in [0.717, 1.165) is 6.07 Å². The van der Waals surface area contributed by atoms with E-state index in [-0.39, 0.29) is 0 Å². The van der Waals surface area contributed by atoms with Gasteiger partial charge in [-0.1, -0.05) is 6.58 Å². The van der Waals surface area contributed by atoms with Crippen molar-refractivity contribution in [2.75, 3.05) is 0 Å². The van der Waals surface area contributed by atoms with Gasteiger partial charge in [-0.05, 0) is 6.08 Å². The number of rotatable bonds is 2. The molecule has 3 nitrogen and oxygen atoms in total. The van der Waals surface area contributed by atoms with E-state index in [4.69, 9.17) is 15.5 Å². The lowest BCUT2D eigenvalue weighted by atomic mass is 10.2. The SMILES string of the molecule is C=CC(O)(F)C(O)C#N. The molecule has 0 aromatic rings. The Hall–Kier alpha value is -0.920. The Bertz CT molecular complexity index is 150. The molecule has 0 aromatic carbocycles. The van der Waals surface area contributed by atoms with E-state index in [1.165, 1.54) is 0 Å². The van der Waals surface area contributed by atoms with Crippen molar-refractivity contribution in [3.63, 3.8) is 0 Å². The van der Waals surface area contributed by atoms with Crippen LogP contribution in [0, 0.1) is 11.3 Å². The zero-order valence-electron chi connectivity index (χ0n) is 4.58. The number of nitrogens with zero attached hydrogens (tertiary/aromatic N) is 1. The molecule has 0 saturated heterocycles. The average molecular weight is 131 g/mol. The molecule has 0 saturated carbocycles. The van der Waals surface area contributed by atoms with Crippen LogP contribution < -0.4 is 0 Å². The Morgan fingerprint density at radius 2 is 2.33 bits per heavy atom. The van der Waals surface area contributed by atoms with Crippen molar-refractivity contribution in [3.8, 4) is 6.07 Å². The van der Waals surface area contributed by atoms with Crippen LogP contribution in [0.1, 0.15) is 0 Å². The van der Waals surface area contributed by atoms with Crippen LogP contribution in [0.25, 0.3) is 0 Å². The van der Waals surface area contributed by atoms with Crippen LogP contribution in [-0.4, -0.2) is 22.2 Å². The van der Waals surface area contributed by atoms with Crippen molar-refractivity contribution < 1.29 is 14.6 Å². The molecule has 0 rings (SSSR count). The number of hydrogen-bond donors (Lipinski definition) is 2. The van der Waals surface area contributed by atoms with Gasteiger partial charge in [0.05, 0.1) is 0 Å². The highest BCUT2D eigenvalue weighted by atomic mass is 19.2. The molecule has 0 aromatic heterocycles. The number of aliphatic hydroxyl groups excluding tert-OH is 1. The predicted molar refractivity (Wildman–Crippen MR) is 27.9 cm³/mol. The molecule has 50 valence electrons. The molecular weight excluding hydrogens is 125 g/mol. The molecule has 0 aliphatic carbocycles. The summed E-state index contributed by atoms with van der Waals surface area (Å²) >= 11 is 0. The second-order valence-electron chi connectivity index (χ2n) is 1.46. The predicted octanol–water partition coefficient (Wildman–Crippen LogP) is -0.285. The largest absolute Gasteiger partial charge is 0.373 e. The number of alkyl halides is 1. The summed E-state index contributed by atoms with van der Waals surface area (Å²) in [5.74, 6) is -2.99. The minimum Gasteiger partial charge on any atom is -0.373 e. The zero-order valence-corrected chi connectivity index (χ0v) is 4.58. The second kappa shape index (κ2) is 2.58. The monoisotopic (exact) mass is 131 g/mol. The highest BCUT2D eigenvalue weighted by Gasteiger charge is 2.31. The lowest BCUT2D eigenvalue weighted by molar-refractivity contribution is -0.109. The van der Waals surface area contributed by atoms with Crippen LogP contribution in [-0.2, 0) is 0 Å². The Morgan fingerprint density at radius 3 is 2.44 bits per heavy atom. The first-order chi connectivity index (χ1) is 4.04. The topological polar surface area (TPSA) is 64.2 Å².